The molecular formula is C11H14N4O3. The highest BCUT2D eigenvalue weighted by Crippen LogP contribution is 2.21. The zero-order valence-corrected chi connectivity index (χ0v) is 9.97. The molecule has 0 saturated carbocycles. The number of rotatable bonds is 6. The maximum absolute atomic E-state index is 11.1. The van der Waals surface area contributed by atoms with Crippen molar-refractivity contribution in [2.75, 3.05) is 0 Å². The maximum atomic E-state index is 11.1. The highest BCUT2D eigenvalue weighted by molar-refractivity contribution is 5.68. The van der Waals surface area contributed by atoms with Crippen molar-refractivity contribution in [1.29, 1.82) is 0 Å². The Morgan fingerprint density at radius 1 is 1.50 bits per heavy atom. The summed E-state index contributed by atoms with van der Waals surface area (Å²) in [6.07, 6.45) is 3.59. The molecule has 7 nitrogen and oxygen atoms in total. The Hall–Kier alpha value is -2.18. The lowest BCUT2D eigenvalue weighted by Gasteiger charge is -2.11. The second-order valence-corrected chi connectivity index (χ2v) is 3.94. The first-order valence-corrected chi connectivity index (χ1v) is 5.78. The predicted molar refractivity (Wildman–Crippen MR) is 63.9 cm³/mol. The van der Waals surface area contributed by atoms with Crippen LogP contribution < -0.4 is 5.69 Å². The first kappa shape index (κ1) is 12.3. The number of H-pyrrole nitrogens is 2. The normalized spacial score (nSPS) is 12.5. The SMILES string of the molecule is CCCCC(OC=O)c1nc2[nH]c(=O)ncc2[nH]1. The van der Waals surface area contributed by atoms with Crippen LogP contribution in [0, 0.1) is 0 Å². The lowest BCUT2D eigenvalue weighted by molar-refractivity contribution is -0.134. The summed E-state index contributed by atoms with van der Waals surface area (Å²) < 4.78 is 5.00. The Balaban J connectivity index is 2.31. The molecule has 2 rings (SSSR count). The van der Waals surface area contributed by atoms with Crippen LogP contribution in [0.2, 0.25) is 0 Å². The number of aromatic nitrogens is 4. The van der Waals surface area contributed by atoms with E-state index in [1.165, 1.54) is 6.20 Å². The summed E-state index contributed by atoms with van der Waals surface area (Å²) in [5.41, 5.74) is 0.573. The van der Waals surface area contributed by atoms with E-state index in [4.69, 9.17) is 4.74 Å². The summed E-state index contributed by atoms with van der Waals surface area (Å²) in [4.78, 5) is 34.8. The van der Waals surface area contributed by atoms with Gasteiger partial charge in [0.1, 0.15) is 11.3 Å². The minimum atomic E-state index is -0.457. The van der Waals surface area contributed by atoms with Crippen LogP contribution in [-0.2, 0) is 9.53 Å². The standard InChI is InChI=1S/C11H14N4O3/c1-2-3-4-8(18-6-16)10-13-7-5-12-11(17)15-9(7)14-10/h5-6,8H,2-4H2,1H3,(H2,12,13,14,15,17). The van der Waals surface area contributed by atoms with Crippen LogP contribution in [0.5, 0.6) is 0 Å². The molecule has 96 valence electrons. The molecule has 0 amide bonds. The van der Waals surface area contributed by atoms with E-state index in [0.29, 0.717) is 29.9 Å². The van der Waals surface area contributed by atoms with Crippen molar-refractivity contribution in [3.8, 4) is 0 Å². The molecule has 0 aliphatic heterocycles. The van der Waals surface area contributed by atoms with E-state index in [9.17, 15) is 9.59 Å². The number of hydrogen-bond acceptors (Lipinski definition) is 5. The maximum Gasteiger partial charge on any atom is 0.346 e. The quantitative estimate of drug-likeness (QED) is 0.746. The van der Waals surface area contributed by atoms with Gasteiger partial charge < -0.3 is 9.72 Å². The van der Waals surface area contributed by atoms with Crippen LogP contribution in [0.3, 0.4) is 0 Å². The molecule has 7 heteroatoms. The largest absolute Gasteiger partial charge is 0.456 e. The monoisotopic (exact) mass is 250 g/mol. The fourth-order valence-corrected chi connectivity index (χ4v) is 1.73. The molecule has 0 aliphatic carbocycles. The van der Waals surface area contributed by atoms with Gasteiger partial charge in [-0.25, -0.2) is 9.78 Å². The number of nitrogens with zero attached hydrogens (tertiary/aromatic N) is 2. The molecule has 2 heterocycles. The van der Waals surface area contributed by atoms with Gasteiger partial charge in [-0.05, 0) is 12.8 Å². The summed E-state index contributed by atoms with van der Waals surface area (Å²) in [5.74, 6) is 0.522. The molecule has 0 fully saturated rings. The molecule has 0 radical (unpaired) electrons. The van der Waals surface area contributed by atoms with E-state index in [-0.39, 0.29) is 0 Å². The average molecular weight is 250 g/mol. The molecular weight excluding hydrogens is 236 g/mol. The van der Waals surface area contributed by atoms with Gasteiger partial charge in [-0.2, -0.15) is 4.98 Å². The molecule has 2 aromatic heterocycles. The number of fused-ring (bicyclic) bond motifs is 1. The number of imidazole rings is 1. The fraction of sp³-hybridized carbons (Fsp3) is 0.455. The summed E-state index contributed by atoms with van der Waals surface area (Å²) in [6.45, 7) is 2.46. The number of unbranched alkanes of at least 4 members (excludes halogenated alkanes) is 1. The molecule has 0 aliphatic rings. The van der Waals surface area contributed by atoms with Crippen molar-refractivity contribution in [2.45, 2.75) is 32.3 Å². The van der Waals surface area contributed by atoms with Crippen LogP contribution >= 0.6 is 0 Å². The van der Waals surface area contributed by atoms with Gasteiger partial charge in [0.25, 0.3) is 6.47 Å². The van der Waals surface area contributed by atoms with E-state index < -0.39 is 11.8 Å². The molecule has 0 bridgehead atoms. The predicted octanol–water partition coefficient (Wildman–Crippen LogP) is 1.05. The minimum Gasteiger partial charge on any atom is -0.456 e. The number of carbonyl (C=O) groups excluding carboxylic acids is 1. The Morgan fingerprint density at radius 3 is 3.06 bits per heavy atom. The zero-order chi connectivity index (χ0) is 13.0. The Kier molecular flexibility index (Phi) is 3.71. The molecule has 0 aromatic carbocycles. The van der Waals surface area contributed by atoms with E-state index in [2.05, 4.69) is 26.9 Å². The van der Waals surface area contributed by atoms with Crippen molar-refractivity contribution in [3.05, 3.63) is 22.5 Å². The van der Waals surface area contributed by atoms with E-state index in [1.807, 2.05) is 0 Å². The smallest absolute Gasteiger partial charge is 0.346 e. The first-order valence-electron chi connectivity index (χ1n) is 5.78. The zero-order valence-electron chi connectivity index (χ0n) is 9.97. The Morgan fingerprint density at radius 2 is 2.33 bits per heavy atom. The summed E-state index contributed by atoms with van der Waals surface area (Å²) >= 11 is 0. The van der Waals surface area contributed by atoms with Crippen molar-refractivity contribution >= 4 is 17.6 Å². The summed E-state index contributed by atoms with van der Waals surface area (Å²) in [6, 6.07) is 0. The third-order valence-electron chi connectivity index (χ3n) is 2.63. The number of carbonyl (C=O) groups is 1. The summed E-state index contributed by atoms with van der Waals surface area (Å²) in [5, 5.41) is 0. The van der Waals surface area contributed by atoms with Gasteiger partial charge in [-0.3, -0.25) is 9.78 Å². The Labute approximate surface area is 103 Å². The number of hydrogen-bond donors (Lipinski definition) is 2. The third kappa shape index (κ3) is 2.55. The highest BCUT2D eigenvalue weighted by Gasteiger charge is 2.16. The van der Waals surface area contributed by atoms with E-state index >= 15 is 0 Å². The highest BCUT2D eigenvalue weighted by atomic mass is 16.5. The van der Waals surface area contributed by atoms with Crippen LogP contribution in [-0.4, -0.2) is 26.4 Å². The van der Waals surface area contributed by atoms with Gasteiger partial charge >= 0.3 is 5.69 Å². The molecule has 1 atom stereocenters. The van der Waals surface area contributed by atoms with Crippen molar-refractivity contribution in [3.63, 3.8) is 0 Å². The van der Waals surface area contributed by atoms with Crippen LogP contribution in [0.4, 0.5) is 0 Å². The van der Waals surface area contributed by atoms with Gasteiger partial charge in [0, 0.05) is 0 Å². The minimum absolute atomic E-state index is 0.411. The molecule has 18 heavy (non-hydrogen) atoms. The first-order chi connectivity index (χ1) is 8.74. The van der Waals surface area contributed by atoms with E-state index in [0.717, 1.165) is 12.8 Å². The Bertz CT molecular complexity index is 589. The van der Waals surface area contributed by atoms with Gasteiger partial charge in [-0.15, -0.1) is 0 Å². The molecule has 1 unspecified atom stereocenters. The number of aromatic amines is 2. The average Bonchev–Trinajstić information content (AvgIpc) is 2.77. The summed E-state index contributed by atoms with van der Waals surface area (Å²) in [7, 11) is 0. The van der Waals surface area contributed by atoms with Gasteiger partial charge in [0.15, 0.2) is 11.8 Å². The van der Waals surface area contributed by atoms with Crippen LogP contribution in [0.25, 0.3) is 11.2 Å². The molecule has 2 aromatic rings. The van der Waals surface area contributed by atoms with Crippen LogP contribution in [0.15, 0.2) is 11.0 Å². The fourth-order valence-electron chi connectivity index (χ4n) is 1.73. The third-order valence-corrected chi connectivity index (χ3v) is 2.63. The van der Waals surface area contributed by atoms with Gasteiger partial charge in [-0.1, -0.05) is 13.3 Å². The number of nitrogens with one attached hydrogen (secondary N) is 2. The van der Waals surface area contributed by atoms with Gasteiger partial charge in [0.05, 0.1) is 6.20 Å². The van der Waals surface area contributed by atoms with Crippen molar-refractivity contribution in [2.24, 2.45) is 0 Å². The topological polar surface area (TPSA) is 101 Å². The van der Waals surface area contributed by atoms with Crippen molar-refractivity contribution in [1.82, 2.24) is 19.9 Å². The number of ether oxygens (including phenoxy) is 1. The van der Waals surface area contributed by atoms with E-state index in [1.54, 1.807) is 0 Å². The van der Waals surface area contributed by atoms with Gasteiger partial charge in [0.2, 0.25) is 0 Å². The second-order valence-electron chi connectivity index (χ2n) is 3.94. The molecule has 0 spiro atoms. The molecule has 0 saturated heterocycles. The van der Waals surface area contributed by atoms with Crippen LogP contribution in [0.1, 0.15) is 38.1 Å². The second kappa shape index (κ2) is 5.44. The lowest BCUT2D eigenvalue weighted by Crippen LogP contribution is -2.08. The lowest BCUT2D eigenvalue weighted by atomic mass is 10.1. The van der Waals surface area contributed by atoms with Crippen molar-refractivity contribution < 1.29 is 9.53 Å². The molecule has 2 N–H and O–H groups in total.